The molecular weight excluding hydrogens is 999 g/mol. The van der Waals surface area contributed by atoms with Crippen LogP contribution in [0.3, 0.4) is 0 Å². The minimum atomic E-state index is 0.448. The summed E-state index contributed by atoms with van der Waals surface area (Å²) in [5, 5.41) is 14.4. The predicted molar refractivity (Wildman–Crippen MR) is 282 cm³/mol. The van der Waals surface area contributed by atoms with Crippen molar-refractivity contribution in [1.29, 1.82) is 0 Å². The number of rotatable bonds is 0. The normalized spacial score (nSPS) is 19.7. The van der Waals surface area contributed by atoms with Gasteiger partial charge in [0.25, 0.3) is 0 Å². The zero-order valence-electron chi connectivity index (χ0n) is 32.8. The summed E-state index contributed by atoms with van der Waals surface area (Å²) < 4.78 is 2.70. The number of thiocarbonyl (C=S) groups is 4. The highest BCUT2D eigenvalue weighted by Gasteiger charge is 2.34. The minimum Gasteiger partial charge on any atom is -0.377 e. The quantitative estimate of drug-likeness (QED) is 0.0522. The van der Waals surface area contributed by atoms with Gasteiger partial charge < -0.3 is 66.1 Å². The van der Waals surface area contributed by atoms with Gasteiger partial charge in [0.15, 0.2) is 29.0 Å². The van der Waals surface area contributed by atoms with Crippen LogP contribution in [0.1, 0.15) is 44.9 Å². The van der Waals surface area contributed by atoms with Crippen molar-refractivity contribution in [2.24, 2.45) is 21.8 Å². The maximum Gasteiger partial charge on any atom is 0.192 e. The lowest BCUT2D eigenvalue weighted by molar-refractivity contribution is 0.505. The molecule has 0 radical (unpaired) electrons. The van der Waals surface area contributed by atoms with E-state index in [-0.39, 0.29) is 0 Å². The van der Waals surface area contributed by atoms with Gasteiger partial charge in [0, 0.05) is 55.4 Å². The monoisotopic (exact) mass is 1050 g/mol. The molecule has 334 valence electrons. The SMILES string of the molecule is S=C1CC2CCC(C2)N1.S=C1CN=CN1.S=C1N=CCN1.S=C1NC2CCC1C2.S=c1[nH]c(=S)[nH]c(=S)[nH]1.S=c1[nH]cc[nH]1.S=c1[nH]cc[nH]1.Sc1cnc[nH]1.Sc1cnc[nH]1. The average molecular weight is 1050 g/mol. The van der Waals surface area contributed by atoms with E-state index in [1.165, 1.54) is 38.5 Å². The highest BCUT2D eigenvalue weighted by Crippen LogP contribution is 2.32. The van der Waals surface area contributed by atoms with Gasteiger partial charge in [0.1, 0.15) is 4.99 Å². The van der Waals surface area contributed by atoms with Crippen molar-refractivity contribution in [3.8, 4) is 0 Å². The van der Waals surface area contributed by atoms with Crippen molar-refractivity contribution in [3.63, 3.8) is 0 Å². The van der Waals surface area contributed by atoms with Gasteiger partial charge in [0.2, 0.25) is 0 Å². The molecule has 5 aromatic rings. The summed E-state index contributed by atoms with van der Waals surface area (Å²) in [5.41, 5.74) is 0. The van der Waals surface area contributed by atoms with E-state index >= 15 is 0 Å². The molecule has 4 aliphatic heterocycles. The van der Waals surface area contributed by atoms with E-state index in [4.69, 9.17) is 61.1 Å². The Kier molecular flexibility index (Phi) is 26.1. The Morgan fingerprint density at radius 3 is 1.35 bits per heavy atom. The van der Waals surface area contributed by atoms with E-state index in [0.29, 0.717) is 35.5 Å². The number of imidazole rings is 4. The maximum atomic E-state index is 5.09. The molecule has 2 aliphatic carbocycles. The smallest absolute Gasteiger partial charge is 0.192 e. The fourth-order valence-electron chi connectivity index (χ4n) is 5.66. The largest absolute Gasteiger partial charge is 0.377 e. The van der Waals surface area contributed by atoms with Crippen molar-refractivity contribution < 1.29 is 0 Å². The van der Waals surface area contributed by atoms with Gasteiger partial charge in [-0.3, -0.25) is 4.99 Å². The van der Waals surface area contributed by atoms with Crippen LogP contribution in [0.25, 0.3) is 0 Å². The molecule has 6 aliphatic rings. The third-order valence-corrected chi connectivity index (χ3v) is 11.1. The molecule has 28 heteroatoms. The van der Waals surface area contributed by atoms with E-state index in [2.05, 4.69) is 160 Å². The van der Waals surface area contributed by atoms with Crippen LogP contribution in [0.2, 0.25) is 0 Å². The molecule has 4 fully saturated rings. The van der Waals surface area contributed by atoms with Crippen molar-refractivity contribution in [2.45, 2.75) is 67.1 Å². The highest BCUT2D eigenvalue weighted by atomic mass is 32.1. The third kappa shape index (κ3) is 24.4. The van der Waals surface area contributed by atoms with E-state index in [1.54, 1.807) is 62.4 Å². The van der Waals surface area contributed by atoms with Crippen molar-refractivity contribution in [2.75, 3.05) is 13.1 Å². The number of aromatic amines is 9. The van der Waals surface area contributed by atoms with Gasteiger partial charge in [-0.15, -0.1) is 25.3 Å². The summed E-state index contributed by atoms with van der Waals surface area (Å²) in [5.74, 6) is 1.69. The van der Waals surface area contributed by atoms with Crippen LogP contribution in [-0.4, -0.2) is 113 Å². The second-order valence-corrected chi connectivity index (χ2v) is 17.9. The van der Waals surface area contributed by atoms with Crippen LogP contribution >= 0.6 is 135 Å². The number of aliphatic imine (C=N–C) groups is 2. The summed E-state index contributed by atoms with van der Waals surface area (Å²) >= 11 is 50.7. The molecule has 13 N–H and O–H groups in total. The standard InChI is InChI=1S/C7H11NS.C6H9NS.C3H3N3S3.6C3H4N2S/c9-7-4-5-1-2-6(3-5)8-7;8-6-4-1-2-5(3-4)7-6;7-1-4-2(8)6-3(9)5-1;3*6-3-1-4-2-5-3;3*6-3-4-1-2-5-3/h5-6H,1-4H2,(H,8,9);4-5H,1-3H2,(H,7,8);(H3,4,5,6,7,8,9);2H,1H2,(H,4,5,6);2*1-2,6H,(H,4,5);1H,2H2,(H,5,6);2*1-2H,(H2,4,5,6). The summed E-state index contributed by atoms with van der Waals surface area (Å²) in [4.78, 5) is 42.5. The number of hydrogen-bond donors (Lipinski definition) is 15. The number of hydrogen-bond acceptors (Lipinski definition) is 14. The molecule has 17 nitrogen and oxygen atoms in total. The second kappa shape index (κ2) is 30.6. The summed E-state index contributed by atoms with van der Waals surface area (Å²) in [7, 11) is 0. The lowest BCUT2D eigenvalue weighted by Gasteiger charge is -2.21. The molecule has 2 saturated heterocycles. The fraction of sp³-hybridized carbons (Fsp3) is 0.382. The Morgan fingerprint density at radius 2 is 1.11 bits per heavy atom. The zero-order valence-corrected chi connectivity index (χ0v) is 41.9. The number of H-pyrrole nitrogens is 9. The number of nitrogens with one attached hydrogen (secondary N) is 13. The Hall–Kier alpha value is -3.45. The van der Waals surface area contributed by atoms with Crippen molar-refractivity contribution in [3.05, 3.63) is 73.7 Å². The first-order chi connectivity index (χ1) is 29.7. The van der Waals surface area contributed by atoms with Crippen molar-refractivity contribution in [1.82, 2.24) is 76.1 Å². The fourth-order valence-corrected chi connectivity index (χ4v) is 8.06. The van der Waals surface area contributed by atoms with Gasteiger partial charge in [-0.05, 0) is 118 Å². The zero-order chi connectivity index (χ0) is 45.1. The molecule has 0 amide bonds. The summed E-state index contributed by atoms with van der Waals surface area (Å²) in [6.07, 6.45) is 26.1. The van der Waals surface area contributed by atoms with Crippen LogP contribution in [0, 0.1) is 35.7 Å². The first-order valence-corrected chi connectivity index (χ1v) is 23.2. The molecule has 4 atom stereocenters. The molecule has 62 heavy (non-hydrogen) atoms. The first kappa shape index (κ1) is 52.9. The highest BCUT2D eigenvalue weighted by molar-refractivity contribution is 7.81. The van der Waals surface area contributed by atoms with Gasteiger partial charge in [-0.25, -0.2) is 15.0 Å². The van der Waals surface area contributed by atoms with E-state index < -0.39 is 0 Å². The molecule has 11 rings (SSSR count). The Labute approximate surface area is 416 Å². The lowest BCUT2D eigenvalue weighted by atomic mass is 10.0. The number of thiol groups is 2. The van der Waals surface area contributed by atoms with Crippen LogP contribution in [0.4, 0.5) is 0 Å². The molecule has 2 saturated carbocycles. The van der Waals surface area contributed by atoms with Gasteiger partial charge in [0.05, 0.1) is 64.5 Å². The van der Waals surface area contributed by atoms with Gasteiger partial charge in [-0.1, -0.05) is 36.7 Å². The molecular formula is C34H47N17S11. The molecule has 4 unspecified atom stereocenters. The van der Waals surface area contributed by atoms with Crippen LogP contribution < -0.4 is 21.3 Å². The van der Waals surface area contributed by atoms with E-state index in [0.717, 1.165) is 61.9 Å². The van der Waals surface area contributed by atoms with E-state index in [1.807, 2.05) is 0 Å². The first-order valence-electron chi connectivity index (χ1n) is 18.6. The topological polar surface area (TPSA) is 241 Å². The number of nitrogens with zero attached hydrogens (tertiary/aromatic N) is 4. The van der Waals surface area contributed by atoms with Crippen LogP contribution in [-0.2, 0) is 0 Å². The molecule has 0 aromatic carbocycles. The molecule has 4 bridgehead atoms. The third-order valence-electron chi connectivity index (χ3n) is 8.31. The van der Waals surface area contributed by atoms with Gasteiger partial charge >= 0.3 is 0 Å². The van der Waals surface area contributed by atoms with Crippen LogP contribution in [0.15, 0.2) is 69.9 Å². The predicted octanol–water partition coefficient (Wildman–Crippen LogP) is 7.85. The molecule has 9 heterocycles. The lowest BCUT2D eigenvalue weighted by Crippen LogP contribution is -2.35. The maximum absolute atomic E-state index is 5.09. The van der Waals surface area contributed by atoms with E-state index in [9.17, 15) is 0 Å². The minimum absolute atomic E-state index is 0.448. The molecule has 5 aromatic heterocycles. The second-order valence-electron chi connectivity index (χ2n) is 13.0. The summed E-state index contributed by atoms with van der Waals surface area (Å²) in [6.45, 7) is 1.48. The van der Waals surface area contributed by atoms with Crippen molar-refractivity contribution >= 4 is 168 Å². The number of piperidine rings is 2. The molecule has 0 spiro atoms. The Balaban J connectivity index is 0.000000187. The number of aromatic nitrogens is 11. The average Bonchev–Trinajstić information content (AvgIpc) is 4.05. The van der Waals surface area contributed by atoms with Crippen LogP contribution in [0.5, 0.6) is 0 Å². The summed E-state index contributed by atoms with van der Waals surface area (Å²) in [6, 6.07) is 1.50. The number of fused-ring (bicyclic) bond motifs is 4. The Bertz CT molecular complexity index is 2210. The van der Waals surface area contributed by atoms with Gasteiger partial charge in [-0.2, -0.15) is 0 Å². The Morgan fingerprint density at radius 1 is 0.581 bits per heavy atom.